The van der Waals surface area contributed by atoms with Gasteiger partial charge in [0.1, 0.15) is 0 Å². The quantitative estimate of drug-likeness (QED) is 0.526. The summed E-state index contributed by atoms with van der Waals surface area (Å²) < 4.78 is 4.02. The molecule has 3 nitrogen and oxygen atoms in total. The number of rotatable bonds is 2. The Balaban J connectivity index is 2.85. The molecule has 0 radical (unpaired) electrons. The maximum atomic E-state index is 11.0. The lowest BCUT2D eigenvalue weighted by Gasteiger charge is -1.81. The summed E-state index contributed by atoms with van der Waals surface area (Å²) in [6.45, 7) is 1.76. The molecule has 58 valence electrons. The van der Waals surface area contributed by atoms with E-state index in [2.05, 4.69) is 9.36 Å². The average molecular weight is 189 g/mol. The number of ketones is 1. The van der Waals surface area contributed by atoms with Gasteiger partial charge in [-0.15, -0.1) is 0 Å². The van der Waals surface area contributed by atoms with Crippen molar-refractivity contribution in [3.05, 3.63) is 22.4 Å². The number of aromatic nitrogens is 2. The van der Waals surface area contributed by atoms with Crippen LogP contribution in [0.15, 0.2) is 12.2 Å². The van der Waals surface area contributed by atoms with Gasteiger partial charge in [-0.3, -0.25) is 4.79 Å². The standard InChI is InChI=1S/C6H5ClN2OS/c1-2-3-4(10)5-8-6(7)11-9-5/h2-3H,1H3/b3-2+. The van der Waals surface area contributed by atoms with Gasteiger partial charge in [-0.2, -0.15) is 4.37 Å². The summed E-state index contributed by atoms with van der Waals surface area (Å²) in [5, 5.41) is 0. The minimum absolute atomic E-state index is 0.165. The molecule has 0 aromatic carbocycles. The highest BCUT2D eigenvalue weighted by Gasteiger charge is 2.07. The molecule has 0 fully saturated rings. The number of hydrogen-bond donors (Lipinski definition) is 0. The number of nitrogens with zero attached hydrogens (tertiary/aromatic N) is 2. The van der Waals surface area contributed by atoms with Crippen LogP contribution in [0.25, 0.3) is 0 Å². The van der Waals surface area contributed by atoms with Crippen LogP contribution in [0.1, 0.15) is 17.5 Å². The molecular weight excluding hydrogens is 184 g/mol. The highest BCUT2D eigenvalue weighted by molar-refractivity contribution is 7.10. The second kappa shape index (κ2) is 3.59. The van der Waals surface area contributed by atoms with Gasteiger partial charge in [-0.1, -0.05) is 6.08 Å². The summed E-state index contributed by atoms with van der Waals surface area (Å²) in [6.07, 6.45) is 3.04. The summed E-state index contributed by atoms with van der Waals surface area (Å²) in [4.78, 5) is 14.7. The number of carbonyl (C=O) groups excluding carboxylic acids is 1. The van der Waals surface area contributed by atoms with Gasteiger partial charge in [0.25, 0.3) is 0 Å². The molecular formula is C6H5ClN2OS. The maximum Gasteiger partial charge on any atom is 0.223 e. The molecule has 0 aliphatic rings. The predicted octanol–water partition coefficient (Wildman–Crippen LogP) is 1.95. The second-order valence-electron chi connectivity index (χ2n) is 1.74. The van der Waals surface area contributed by atoms with Crippen LogP contribution in [-0.4, -0.2) is 15.1 Å². The third-order valence-corrected chi connectivity index (χ3v) is 1.74. The van der Waals surface area contributed by atoms with Crippen molar-refractivity contribution in [1.82, 2.24) is 9.36 Å². The van der Waals surface area contributed by atoms with Gasteiger partial charge in [0, 0.05) is 0 Å². The van der Waals surface area contributed by atoms with Gasteiger partial charge in [-0.25, -0.2) is 4.98 Å². The van der Waals surface area contributed by atoms with Crippen molar-refractivity contribution >= 4 is 28.9 Å². The maximum absolute atomic E-state index is 11.0. The van der Waals surface area contributed by atoms with E-state index in [1.54, 1.807) is 13.0 Å². The fourth-order valence-corrected chi connectivity index (χ4v) is 1.13. The third-order valence-electron chi connectivity index (χ3n) is 0.940. The van der Waals surface area contributed by atoms with Crippen LogP contribution in [0.5, 0.6) is 0 Å². The minimum atomic E-state index is -0.212. The SMILES string of the molecule is C/C=C/C(=O)c1nsc(Cl)n1. The smallest absolute Gasteiger partial charge is 0.223 e. The normalized spacial score (nSPS) is 10.7. The summed E-state index contributed by atoms with van der Waals surface area (Å²) >= 11 is 6.48. The monoisotopic (exact) mass is 188 g/mol. The molecule has 0 unspecified atom stereocenters. The zero-order valence-electron chi connectivity index (χ0n) is 5.74. The average Bonchev–Trinajstić information content (AvgIpc) is 2.36. The Hall–Kier alpha value is -0.740. The predicted molar refractivity (Wildman–Crippen MR) is 44.1 cm³/mol. The largest absolute Gasteiger partial charge is 0.286 e. The van der Waals surface area contributed by atoms with Crippen molar-refractivity contribution in [3.8, 4) is 0 Å². The van der Waals surface area contributed by atoms with Crippen molar-refractivity contribution in [1.29, 1.82) is 0 Å². The van der Waals surface area contributed by atoms with E-state index in [-0.39, 0.29) is 16.1 Å². The molecule has 0 saturated heterocycles. The van der Waals surface area contributed by atoms with E-state index >= 15 is 0 Å². The summed E-state index contributed by atoms with van der Waals surface area (Å²) in [5.74, 6) is -0.0475. The first kappa shape index (κ1) is 8.36. The molecule has 1 rings (SSSR count). The first-order valence-corrected chi connectivity index (χ1v) is 4.05. The van der Waals surface area contributed by atoms with E-state index in [0.717, 1.165) is 11.5 Å². The molecule has 0 saturated carbocycles. The van der Waals surface area contributed by atoms with Crippen molar-refractivity contribution in [2.45, 2.75) is 6.92 Å². The zero-order valence-corrected chi connectivity index (χ0v) is 7.32. The third kappa shape index (κ3) is 2.10. The topological polar surface area (TPSA) is 42.9 Å². The molecule has 0 N–H and O–H groups in total. The molecule has 0 spiro atoms. The van der Waals surface area contributed by atoms with Gasteiger partial charge < -0.3 is 0 Å². The summed E-state index contributed by atoms with van der Waals surface area (Å²) in [5.41, 5.74) is 0. The Morgan fingerprint density at radius 1 is 1.73 bits per heavy atom. The zero-order chi connectivity index (χ0) is 8.27. The van der Waals surface area contributed by atoms with Crippen molar-refractivity contribution < 1.29 is 4.79 Å². The van der Waals surface area contributed by atoms with Crippen LogP contribution in [-0.2, 0) is 0 Å². The minimum Gasteiger partial charge on any atom is -0.286 e. The molecule has 0 aliphatic carbocycles. The molecule has 0 aliphatic heterocycles. The highest BCUT2D eigenvalue weighted by Crippen LogP contribution is 2.10. The molecule has 0 atom stereocenters. The lowest BCUT2D eigenvalue weighted by atomic mass is 10.3. The Morgan fingerprint density at radius 3 is 2.91 bits per heavy atom. The Kier molecular flexibility index (Phi) is 2.73. The van der Waals surface area contributed by atoms with Crippen LogP contribution in [0, 0.1) is 0 Å². The first-order chi connectivity index (χ1) is 5.24. The van der Waals surface area contributed by atoms with E-state index in [0.29, 0.717) is 0 Å². The summed E-state index contributed by atoms with van der Waals surface area (Å²) in [6, 6.07) is 0. The number of carbonyl (C=O) groups is 1. The molecule has 0 amide bonds. The number of halogens is 1. The molecule has 1 aromatic heterocycles. The van der Waals surface area contributed by atoms with E-state index in [4.69, 9.17) is 11.6 Å². The van der Waals surface area contributed by atoms with Crippen molar-refractivity contribution in [2.75, 3.05) is 0 Å². The fourth-order valence-electron chi connectivity index (χ4n) is 0.531. The van der Waals surface area contributed by atoms with E-state index in [1.165, 1.54) is 6.08 Å². The fraction of sp³-hybridized carbons (Fsp3) is 0.167. The van der Waals surface area contributed by atoms with Crippen LogP contribution in [0.2, 0.25) is 4.47 Å². The van der Waals surface area contributed by atoms with Gasteiger partial charge >= 0.3 is 0 Å². The highest BCUT2D eigenvalue weighted by atomic mass is 35.5. The molecule has 1 aromatic rings. The summed E-state index contributed by atoms with van der Waals surface area (Å²) in [7, 11) is 0. The molecule has 11 heavy (non-hydrogen) atoms. The molecule has 5 heteroatoms. The molecule has 0 bridgehead atoms. The van der Waals surface area contributed by atoms with E-state index in [9.17, 15) is 4.79 Å². The second-order valence-corrected chi connectivity index (χ2v) is 3.07. The van der Waals surface area contributed by atoms with Crippen LogP contribution in [0.3, 0.4) is 0 Å². The van der Waals surface area contributed by atoms with Crippen LogP contribution >= 0.6 is 23.1 Å². The Morgan fingerprint density at radius 2 is 2.45 bits per heavy atom. The first-order valence-electron chi connectivity index (χ1n) is 2.90. The van der Waals surface area contributed by atoms with E-state index < -0.39 is 0 Å². The van der Waals surface area contributed by atoms with E-state index in [1.807, 2.05) is 0 Å². The number of hydrogen-bond acceptors (Lipinski definition) is 4. The Bertz CT molecular complexity index is 295. The molecule has 1 heterocycles. The van der Waals surface area contributed by atoms with Crippen LogP contribution in [0.4, 0.5) is 0 Å². The van der Waals surface area contributed by atoms with Gasteiger partial charge in [-0.05, 0) is 36.1 Å². The van der Waals surface area contributed by atoms with Crippen molar-refractivity contribution in [2.24, 2.45) is 0 Å². The van der Waals surface area contributed by atoms with Crippen molar-refractivity contribution in [3.63, 3.8) is 0 Å². The number of allylic oxidation sites excluding steroid dienone is 2. The van der Waals surface area contributed by atoms with Crippen LogP contribution < -0.4 is 0 Å². The Labute approximate surface area is 72.9 Å². The van der Waals surface area contributed by atoms with Gasteiger partial charge in [0.15, 0.2) is 0 Å². The lowest BCUT2D eigenvalue weighted by Crippen LogP contribution is -1.95. The van der Waals surface area contributed by atoms with Gasteiger partial charge in [0.2, 0.25) is 16.1 Å². The van der Waals surface area contributed by atoms with Gasteiger partial charge in [0.05, 0.1) is 0 Å². The lowest BCUT2D eigenvalue weighted by molar-refractivity contribution is 0.103.